The molecule has 4 heteroatoms. The second-order valence-corrected chi connectivity index (χ2v) is 6.05. The number of hydrogen-bond acceptors (Lipinski definition) is 3. The lowest BCUT2D eigenvalue weighted by Crippen LogP contribution is -2.44. The zero-order valence-corrected chi connectivity index (χ0v) is 12.5. The minimum Gasteiger partial charge on any atom is -0.352 e. The van der Waals surface area contributed by atoms with Crippen molar-refractivity contribution < 1.29 is 4.79 Å². The van der Waals surface area contributed by atoms with E-state index in [4.69, 9.17) is 0 Å². The summed E-state index contributed by atoms with van der Waals surface area (Å²) in [5, 5.41) is 6.46. The van der Waals surface area contributed by atoms with Crippen molar-refractivity contribution in [2.45, 2.75) is 45.6 Å². The molecule has 0 spiro atoms. The van der Waals surface area contributed by atoms with Crippen LogP contribution >= 0.6 is 0 Å². The van der Waals surface area contributed by atoms with E-state index in [1.165, 1.54) is 25.7 Å². The smallest absolute Gasteiger partial charge is 0.234 e. The van der Waals surface area contributed by atoms with Gasteiger partial charge in [-0.3, -0.25) is 4.79 Å². The number of hydrogen-bond donors (Lipinski definition) is 2. The third-order valence-corrected chi connectivity index (χ3v) is 4.87. The van der Waals surface area contributed by atoms with Gasteiger partial charge in [-0.2, -0.15) is 0 Å². The Morgan fingerprint density at radius 1 is 1.21 bits per heavy atom. The minimum atomic E-state index is 0.178. The van der Waals surface area contributed by atoms with Crippen LogP contribution in [0.15, 0.2) is 0 Å². The van der Waals surface area contributed by atoms with Crippen molar-refractivity contribution in [2.24, 2.45) is 11.8 Å². The van der Waals surface area contributed by atoms with Gasteiger partial charge in [0, 0.05) is 19.1 Å². The third-order valence-electron chi connectivity index (χ3n) is 4.87. The van der Waals surface area contributed by atoms with E-state index in [-0.39, 0.29) is 5.91 Å². The van der Waals surface area contributed by atoms with Gasteiger partial charge in [-0.05, 0) is 44.2 Å². The summed E-state index contributed by atoms with van der Waals surface area (Å²) in [6, 6.07) is 0.468. The predicted molar refractivity (Wildman–Crippen MR) is 78.0 cm³/mol. The first-order valence-electron chi connectivity index (χ1n) is 7.95. The Labute approximate surface area is 117 Å². The molecule has 2 saturated carbocycles. The van der Waals surface area contributed by atoms with Gasteiger partial charge in [-0.1, -0.05) is 20.3 Å². The number of nitrogens with one attached hydrogen (secondary N) is 2. The number of rotatable bonds is 8. The summed E-state index contributed by atoms with van der Waals surface area (Å²) in [6.07, 6.45) is 5.28. The van der Waals surface area contributed by atoms with Gasteiger partial charge >= 0.3 is 0 Å². The van der Waals surface area contributed by atoms with Crippen LogP contribution in [0.5, 0.6) is 0 Å². The van der Waals surface area contributed by atoms with E-state index in [0.29, 0.717) is 12.6 Å². The van der Waals surface area contributed by atoms with E-state index in [2.05, 4.69) is 29.4 Å². The van der Waals surface area contributed by atoms with E-state index >= 15 is 0 Å². The molecule has 2 aliphatic rings. The molecule has 0 heterocycles. The molecule has 3 unspecified atom stereocenters. The van der Waals surface area contributed by atoms with Crippen LogP contribution in [0.1, 0.15) is 39.5 Å². The lowest BCUT2D eigenvalue weighted by molar-refractivity contribution is -0.121. The molecular formula is C15H29N3O. The van der Waals surface area contributed by atoms with Crippen molar-refractivity contribution >= 4 is 5.91 Å². The number of nitrogens with zero attached hydrogens (tertiary/aromatic N) is 1. The molecule has 4 nitrogen and oxygen atoms in total. The maximum Gasteiger partial charge on any atom is 0.234 e. The summed E-state index contributed by atoms with van der Waals surface area (Å²) in [7, 11) is 0. The Balaban J connectivity index is 1.55. The van der Waals surface area contributed by atoms with Gasteiger partial charge in [-0.15, -0.1) is 0 Å². The maximum atomic E-state index is 11.9. The van der Waals surface area contributed by atoms with Gasteiger partial charge in [0.15, 0.2) is 0 Å². The van der Waals surface area contributed by atoms with Crippen LogP contribution in [0.25, 0.3) is 0 Å². The Morgan fingerprint density at radius 3 is 2.58 bits per heavy atom. The summed E-state index contributed by atoms with van der Waals surface area (Å²) in [6.45, 7) is 8.89. The third kappa shape index (κ3) is 4.18. The van der Waals surface area contributed by atoms with Crippen LogP contribution in [-0.2, 0) is 4.79 Å². The van der Waals surface area contributed by atoms with Gasteiger partial charge in [0.2, 0.25) is 5.91 Å². The molecule has 1 amide bonds. The fraction of sp³-hybridized carbons (Fsp3) is 0.933. The summed E-state index contributed by atoms with van der Waals surface area (Å²) in [4.78, 5) is 14.2. The van der Waals surface area contributed by atoms with Gasteiger partial charge in [0.05, 0.1) is 6.54 Å². The molecule has 3 atom stereocenters. The summed E-state index contributed by atoms with van der Waals surface area (Å²) in [5.41, 5.74) is 0. The van der Waals surface area contributed by atoms with Gasteiger partial charge < -0.3 is 15.5 Å². The standard InChI is InChI=1S/C15H29N3O/c1-3-18(4-2)8-7-16-11-15(19)17-14-10-12-5-6-13(14)9-12/h12-14,16H,3-11H2,1-2H3,(H,17,19). The molecule has 2 aliphatic carbocycles. The Kier molecular flexibility index (Phi) is 5.64. The SMILES string of the molecule is CCN(CC)CCNCC(=O)NC1CC2CCC1C2. The van der Waals surface area contributed by atoms with Crippen molar-refractivity contribution in [3.05, 3.63) is 0 Å². The van der Waals surface area contributed by atoms with Crippen LogP contribution in [0.2, 0.25) is 0 Å². The van der Waals surface area contributed by atoms with Crippen molar-refractivity contribution in [2.75, 3.05) is 32.7 Å². The van der Waals surface area contributed by atoms with Crippen molar-refractivity contribution in [3.8, 4) is 0 Å². The zero-order valence-electron chi connectivity index (χ0n) is 12.5. The molecule has 0 aromatic heterocycles. The lowest BCUT2D eigenvalue weighted by Gasteiger charge is -2.23. The molecule has 0 radical (unpaired) electrons. The average Bonchev–Trinajstić information content (AvgIpc) is 3.01. The van der Waals surface area contributed by atoms with Crippen LogP contribution in [-0.4, -0.2) is 49.6 Å². The predicted octanol–water partition coefficient (Wildman–Crippen LogP) is 1.22. The van der Waals surface area contributed by atoms with E-state index in [1.54, 1.807) is 0 Å². The van der Waals surface area contributed by atoms with Crippen LogP contribution in [0.3, 0.4) is 0 Å². The largest absolute Gasteiger partial charge is 0.352 e. The van der Waals surface area contributed by atoms with Gasteiger partial charge in [0.25, 0.3) is 0 Å². The number of carbonyl (C=O) groups excluding carboxylic acids is 1. The maximum absolute atomic E-state index is 11.9. The Morgan fingerprint density at radius 2 is 2.00 bits per heavy atom. The number of likely N-dealkylation sites (N-methyl/N-ethyl adjacent to an activating group) is 1. The topological polar surface area (TPSA) is 44.4 Å². The lowest BCUT2D eigenvalue weighted by atomic mass is 9.95. The number of amides is 1. The van der Waals surface area contributed by atoms with Crippen LogP contribution < -0.4 is 10.6 Å². The van der Waals surface area contributed by atoms with Crippen molar-refractivity contribution in [1.29, 1.82) is 0 Å². The molecule has 110 valence electrons. The highest BCUT2D eigenvalue weighted by Gasteiger charge is 2.39. The highest BCUT2D eigenvalue weighted by Crippen LogP contribution is 2.44. The van der Waals surface area contributed by atoms with E-state index in [9.17, 15) is 4.79 Å². The van der Waals surface area contributed by atoms with Gasteiger partial charge in [0.1, 0.15) is 0 Å². The van der Waals surface area contributed by atoms with E-state index < -0.39 is 0 Å². The second kappa shape index (κ2) is 7.25. The zero-order chi connectivity index (χ0) is 13.7. The van der Waals surface area contributed by atoms with Crippen molar-refractivity contribution in [3.63, 3.8) is 0 Å². The molecule has 19 heavy (non-hydrogen) atoms. The summed E-state index contributed by atoms with van der Waals surface area (Å²) in [5.74, 6) is 1.84. The van der Waals surface area contributed by atoms with Crippen molar-refractivity contribution in [1.82, 2.24) is 15.5 Å². The van der Waals surface area contributed by atoms with Gasteiger partial charge in [-0.25, -0.2) is 0 Å². The number of fused-ring (bicyclic) bond motifs is 2. The van der Waals surface area contributed by atoms with Crippen LogP contribution in [0, 0.1) is 11.8 Å². The Bertz CT molecular complexity index is 291. The second-order valence-electron chi connectivity index (χ2n) is 6.05. The van der Waals surface area contributed by atoms with Crippen LogP contribution in [0.4, 0.5) is 0 Å². The van der Waals surface area contributed by atoms with E-state index in [1.807, 2.05) is 0 Å². The molecule has 2 fully saturated rings. The highest BCUT2D eigenvalue weighted by atomic mass is 16.2. The Hall–Kier alpha value is -0.610. The monoisotopic (exact) mass is 267 g/mol. The molecule has 0 saturated heterocycles. The first-order valence-corrected chi connectivity index (χ1v) is 7.95. The molecule has 0 aliphatic heterocycles. The molecule has 2 N–H and O–H groups in total. The minimum absolute atomic E-state index is 0.178. The summed E-state index contributed by atoms with van der Waals surface area (Å²) < 4.78 is 0. The average molecular weight is 267 g/mol. The molecule has 2 bridgehead atoms. The quantitative estimate of drug-likeness (QED) is 0.650. The first kappa shape index (κ1) is 14.8. The fourth-order valence-corrected chi connectivity index (χ4v) is 3.66. The van der Waals surface area contributed by atoms with E-state index in [0.717, 1.165) is 38.0 Å². The highest BCUT2D eigenvalue weighted by molar-refractivity contribution is 5.78. The normalized spacial score (nSPS) is 29.1. The fourth-order valence-electron chi connectivity index (χ4n) is 3.66. The molecular weight excluding hydrogens is 238 g/mol. The molecule has 2 rings (SSSR count). The summed E-state index contributed by atoms with van der Waals surface area (Å²) >= 11 is 0. The molecule has 0 aromatic carbocycles. The first-order chi connectivity index (χ1) is 9.22. The number of carbonyl (C=O) groups is 1. The molecule has 0 aromatic rings.